The molecule has 0 radical (unpaired) electrons. The maximum atomic E-state index is 3.88. The van der Waals surface area contributed by atoms with E-state index in [-0.39, 0.29) is 0 Å². The summed E-state index contributed by atoms with van der Waals surface area (Å²) in [5.41, 5.74) is 3.88. The third-order valence-electron chi connectivity index (χ3n) is 2.04. The summed E-state index contributed by atoms with van der Waals surface area (Å²) in [4.78, 5) is 1.66. The van der Waals surface area contributed by atoms with Crippen molar-refractivity contribution < 1.29 is 10.6 Å². The van der Waals surface area contributed by atoms with E-state index >= 15 is 0 Å². The van der Waals surface area contributed by atoms with Crippen LogP contribution in [-0.4, -0.2) is 25.7 Å². The van der Waals surface area contributed by atoms with Crippen LogP contribution in [0.15, 0.2) is 0 Å². The highest BCUT2D eigenvalue weighted by molar-refractivity contribution is 4.38. The van der Waals surface area contributed by atoms with Crippen LogP contribution in [0.3, 0.4) is 0 Å². The molecule has 1 atom stereocenters. The summed E-state index contributed by atoms with van der Waals surface area (Å²) in [6.07, 6.45) is 0. The number of quaternary nitrogens is 2. The summed E-state index contributed by atoms with van der Waals surface area (Å²) in [6, 6.07) is 0.736. The van der Waals surface area contributed by atoms with E-state index in [0.717, 1.165) is 12.6 Å². The Kier molecular flexibility index (Phi) is 4.72. The molecule has 0 aliphatic carbocycles. The lowest BCUT2D eigenvalue weighted by atomic mass is 10.3. The Balaban J connectivity index is 3.50. The molecule has 0 aromatic carbocycles. The summed E-state index contributed by atoms with van der Waals surface area (Å²) in [5.74, 6) is 0. The highest BCUT2D eigenvalue weighted by atomic mass is 15.1. The predicted molar refractivity (Wildman–Crippen MR) is 39.3 cm³/mol. The minimum absolute atomic E-state index is 0.736. The van der Waals surface area contributed by atoms with Gasteiger partial charge in [-0.1, -0.05) is 0 Å². The molecule has 2 nitrogen and oxygen atoms in total. The lowest BCUT2D eigenvalue weighted by Crippen LogP contribution is -3.16. The van der Waals surface area contributed by atoms with E-state index in [2.05, 4.69) is 26.5 Å². The highest BCUT2D eigenvalue weighted by Gasteiger charge is 2.11. The first-order valence-corrected chi connectivity index (χ1v) is 3.90. The van der Waals surface area contributed by atoms with Gasteiger partial charge >= 0.3 is 0 Å². The first-order valence-electron chi connectivity index (χ1n) is 3.90. The second-order valence-electron chi connectivity index (χ2n) is 2.56. The van der Waals surface area contributed by atoms with Crippen LogP contribution < -0.4 is 10.6 Å². The van der Waals surface area contributed by atoms with Gasteiger partial charge in [0, 0.05) is 0 Å². The number of nitrogens with one attached hydrogen (secondary N) is 1. The van der Waals surface area contributed by atoms with Crippen LogP contribution in [0.25, 0.3) is 0 Å². The molecule has 4 N–H and O–H groups in total. The zero-order valence-electron chi connectivity index (χ0n) is 6.91. The van der Waals surface area contributed by atoms with E-state index in [1.165, 1.54) is 13.1 Å². The van der Waals surface area contributed by atoms with Crippen molar-refractivity contribution in [1.82, 2.24) is 0 Å². The van der Waals surface area contributed by atoms with E-state index in [4.69, 9.17) is 0 Å². The van der Waals surface area contributed by atoms with Gasteiger partial charge in [-0.2, -0.15) is 0 Å². The van der Waals surface area contributed by atoms with Gasteiger partial charge in [0.15, 0.2) is 0 Å². The topological polar surface area (TPSA) is 32.1 Å². The van der Waals surface area contributed by atoms with Crippen LogP contribution in [-0.2, 0) is 0 Å². The van der Waals surface area contributed by atoms with E-state index in [0.29, 0.717) is 0 Å². The highest BCUT2D eigenvalue weighted by Crippen LogP contribution is 1.64. The van der Waals surface area contributed by atoms with Crippen molar-refractivity contribution in [3.8, 4) is 0 Å². The average Bonchev–Trinajstić information content (AvgIpc) is 1.90. The third kappa shape index (κ3) is 2.82. The van der Waals surface area contributed by atoms with Crippen molar-refractivity contribution in [3.63, 3.8) is 0 Å². The molecule has 0 aromatic heterocycles. The van der Waals surface area contributed by atoms with Gasteiger partial charge in [-0.3, -0.25) is 0 Å². The molecule has 0 heterocycles. The Labute approximate surface area is 58.0 Å². The van der Waals surface area contributed by atoms with Crippen LogP contribution in [0.1, 0.15) is 20.8 Å². The minimum Gasteiger partial charge on any atom is -0.353 e. The van der Waals surface area contributed by atoms with E-state index in [1.54, 1.807) is 4.90 Å². The SMILES string of the molecule is CC[NH+](CC)[C@@H](C)C[NH3+]. The molecule has 0 fully saturated rings. The first kappa shape index (κ1) is 8.92. The smallest absolute Gasteiger partial charge is 0.134 e. The largest absolute Gasteiger partial charge is 0.353 e. The van der Waals surface area contributed by atoms with Crippen LogP contribution in [0, 0.1) is 0 Å². The zero-order chi connectivity index (χ0) is 7.28. The number of likely N-dealkylation sites (N-methyl/N-ethyl adjacent to an activating group) is 1. The second-order valence-corrected chi connectivity index (χ2v) is 2.56. The molecule has 9 heavy (non-hydrogen) atoms. The normalized spacial score (nSPS) is 14.3. The van der Waals surface area contributed by atoms with E-state index in [1.807, 2.05) is 0 Å². The van der Waals surface area contributed by atoms with Gasteiger partial charge in [-0.25, -0.2) is 0 Å². The number of rotatable bonds is 4. The lowest BCUT2D eigenvalue weighted by Gasteiger charge is -2.19. The van der Waals surface area contributed by atoms with Gasteiger partial charge in [0.1, 0.15) is 12.6 Å². The molecule has 0 aliphatic heterocycles. The molecular formula is C7H20N2+2. The van der Waals surface area contributed by atoms with Crippen molar-refractivity contribution in [2.45, 2.75) is 26.8 Å². The minimum atomic E-state index is 0.736. The maximum absolute atomic E-state index is 3.88. The standard InChI is InChI=1S/C7H18N2/c1-4-9(5-2)7(3)6-8/h7H,4-6,8H2,1-3H3/p+2/t7-/m0/s1. The van der Waals surface area contributed by atoms with Crippen molar-refractivity contribution >= 4 is 0 Å². The van der Waals surface area contributed by atoms with Crippen molar-refractivity contribution in [2.75, 3.05) is 19.6 Å². The third-order valence-corrected chi connectivity index (χ3v) is 2.04. The van der Waals surface area contributed by atoms with Gasteiger partial charge in [0.25, 0.3) is 0 Å². The Hall–Kier alpha value is -0.0800. The van der Waals surface area contributed by atoms with Crippen molar-refractivity contribution in [2.24, 2.45) is 0 Å². The zero-order valence-corrected chi connectivity index (χ0v) is 6.91. The van der Waals surface area contributed by atoms with E-state index < -0.39 is 0 Å². The molecule has 0 aromatic rings. The number of hydrogen-bond acceptors (Lipinski definition) is 0. The van der Waals surface area contributed by atoms with Crippen molar-refractivity contribution in [3.05, 3.63) is 0 Å². The van der Waals surface area contributed by atoms with Gasteiger partial charge in [0.2, 0.25) is 0 Å². The molecule has 0 amide bonds. The fraction of sp³-hybridized carbons (Fsp3) is 1.00. The quantitative estimate of drug-likeness (QED) is 0.469. The summed E-state index contributed by atoms with van der Waals surface area (Å²) < 4.78 is 0. The Bertz CT molecular complexity index is 59.9. The average molecular weight is 132 g/mol. The molecule has 0 aliphatic rings. The van der Waals surface area contributed by atoms with Crippen LogP contribution in [0.5, 0.6) is 0 Å². The maximum Gasteiger partial charge on any atom is 0.134 e. The summed E-state index contributed by atoms with van der Waals surface area (Å²) in [5, 5.41) is 0. The molecule has 0 saturated heterocycles. The van der Waals surface area contributed by atoms with Crippen LogP contribution >= 0.6 is 0 Å². The molecule has 0 unspecified atom stereocenters. The van der Waals surface area contributed by atoms with Crippen molar-refractivity contribution in [1.29, 1.82) is 0 Å². The van der Waals surface area contributed by atoms with Gasteiger partial charge in [-0.05, 0) is 20.8 Å². The Morgan fingerprint density at radius 3 is 1.89 bits per heavy atom. The molecule has 0 rings (SSSR count). The number of hydrogen-bond donors (Lipinski definition) is 2. The van der Waals surface area contributed by atoms with Crippen LogP contribution in [0.2, 0.25) is 0 Å². The van der Waals surface area contributed by atoms with Gasteiger partial charge < -0.3 is 10.6 Å². The molecule has 0 saturated carbocycles. The summed E-state index contributed by atoms with van der Waals surface area (Å²) in [7, 11) is 0. The predicted octanol–water partition coefficient (Wildman–Crippen LogP) is -1.46. The summed E-state index contributed by atoms with van der Waals surface area (Å²) >= 11 is 0. The van der Waals surface area contributed by atoms with E-state index in [9.17, 15) is 0 Å². The lowest BCUT2D eigenvalue weighted by molar-refractivity contribution is -0.925. The van der Waals surface area contributed by atoms with Gasteiger partial charge in [-0.15, -0.1) is 0 Å². The fourth-order valence-electron chi connectivity index (χ4n) is 1.15. The molecule has 0 spiro atoms. The molecule has 2 heteroatoms. The monoisotopic (exact) mass is 132 g/mol. The molecule has 0 bridgehead atoms. The summed E-state index contributed by atoms with van der Waals surface area (Å²) in [6.45, 7) is 10.2. The Morgan fingerprint density at radius 2 is 1.78 bits per heavy atom. The first-order chi connectivity index (χ1) is 4.26. The fourth-order valence-corrected chi connectivity index (χ4v) is 1.15. The second kappa shape index (κ2) is 4.77. The van der Waals surface area contributed by atoms with Gasteiger partial charge in [0.05, 0.1) is 13.1 Å². The molecular weight excluding hydrogens is 112 g/mol. The Morgan fingerprint density at radius 1 is 1.33 bits per heavy atom. The van der Waals surface area contributed by atoms with Crippen LogP contribution in [0.4, 0.5) is 0 Å². The molecule has 56 valence electrons.